The van der Waals surface area contributed by atoms with E-state index in [1.54, 1.807) is 6.33 Å². The minimum Gasteiger partial charge on any atom is -0.346 e. The lowest BCUT2D eigenvalue weighted by molar-refractivity contribution is 0.329. The normalized spacial score (nSPS) is 17.7. The number of piperidine rings is 1. The van der Waals surface area contributed by atoms with Crippen molar-refractivity contribution < 1.29 is 0 Å². The third-order valence-electron chi connectivity index (χ3n) is 6.48. The van der Waals surface area contributed by atoms with Crippen molar-refractivity contribution in [2.24, 2.45) is 0 Å². The monoisotopic (exact) mass is 382 g/mol. The summed E-state index contributed by atoms with van der Waals surface area (Å²) in [7, 11) is 0. The predicted octanol–water partition coefficient (Wildman–Crippen LogP) is 3.79. The summed E-state index contributed by atoms with van der Waals surface area (Å²) in [6.07, 6.45) is 9.59. The molecule has 5 heterocycles. The van der Waals surface area contributed by atoms with Crippen LogP contribution < -0.4 is 10.2 Å². The zero-order chi connectivity index (χ0) is 19.3. The Morgan fingerprint density at radius 3 is 2.66 bits per heavy atom. The lowest BCUT2D eigenvalue weighted by atomic mass is 9.74. The van der Waals surface area contributed by atoms with Gasteiger partial charge >= 0.3 is 0 Å². The molecule has 0 aliphatic carbocycles. The van der Waals surface area contributed by atoms with Crippen molar-refractivity contribution in [3.05, 3.63) is 66.9 Å². The molecule has 2 aliphatic rings. The number of hydrogen-bond acceptors (Lipinski definition) is 5. The van der Waals surface area contributed by atoms with Crippen LogP contribution in [0, 0.1) is 0 Å². The standard InChI is InChI=1S/C23H22N6/c1-2-20-19(13-17(1)16-3-8-24-9-4-16)23(6-11-25-12-7-23)14-29(20)22-18-5-10-26-21(18)27-15-28-22/h1-5,8-10,13,15,25H,6-7,11-12,14H2,(H,26,27,28). The van der Waals surface area contributed by atoms with Crippen LogP contribution in [0.1, 0.15) is 18.4 Å². The zero-order valence-electron chi connectivity index (χ0n) is 16.1. The fourth-order valence-corrected chi connectivity index (χ4v) is 4.99. The maximum Gasteiger partial charge on any atom is 0.145 e. The van der Waals surface area contributed by atoms with E-state index in [1.165, 1.54) is 22.4 Å². The van der Waals surface area contributed by atoms with Crippen LogP contribution in [0.3, 0.4) is 0 Å². The number of nitrogens with zero attached hydrogens (tertiary/aromatic N) is 4. The number of anilines is 2. The van der Waals surface area contributed by atoms with Crippen LogP contribution in [0.4, 0.5) is 11.5 Å². The average molecular weight is 382 g/mol. The molecule has 1 aromatic carbocycles. The minimum atomic E-state index is 0.150. The van der Waals surface area contributed by atoms with Crippen molar-refractivity contribution in [2.75, 3.05) is 24.5 Å². The van der Waals surface area contributed by atoms with Crippen LogP contribution in [-0.4, -0.2) is 39.6 Å². The van der Waals surface area contributed by atoms with Gasteiger partial charge in [-0.2, -0.15) is 0 Å². The van der Waals surface area contributed by atoms with Gasteiger partial charge in [0.1, 0.15) is 17.8 Å². The number of H-pyrrole nitrogens is 1. The highest BCUT2D eigenvalue weighted by molar-refractivity contribution is 5.91. The summed E-state index contributed by atoms with van der Waals surface area (Å²) in [5.74, 6) is 0.990. The molecular formula is C23H22N6. The van der Waals surface area contributed by atoms with E-state index in [0.29, 0.717) is 0 Å². The highest BCUT2D eigenvalue weighted by Crippen LogP contribution is 2.50. The van der Waals surface area contributed by atoms with Crippen molar-refractivity contribution in [1.82, 2.24) is 25.3 Å². The molecule has 1 spiro atoms. The maximum atomic E-state index is 4.69. The Hall–Kier alpha value is -3.25. The first-order valence-electron chi connectivity index (χ1n) is 10.2. The maximum absolute atomic E-state index is 4.69. The molecule has 1 fully saturated rings. The Morgan fingerprint density at radius 2 is 1.79 bits per heavy atom. The zero-order valence-corrected chi connectivity index (χ0v) is 16.1. The molecule has 0 unspecified atom stereocenters. The smallest absolute Gasteiger partial charge is 0.145 e. The number of nitrogens with one attached hydrogen (secondary N) is 2. The molecule has 1 saturated heterocycles. The van der Waals surface area contributed by atoms with E-state index in [2.05, 4.69) is 66.6 Å². The van der Waals surface area contributed by atoms with Gasteiger partial charge in [-0.3, -0.25) is 4.98 Å². The van der Waals surface area contributed by atoms with Crippen LogP contribution in [0.15, 0.2) is 61.3 Å². The number of aromatic nitrogens is 4. The molecule has 0 saturated carbocycles. The number of benzene rings is 1. The predicted molar refractivity (Wildman–Crippen MR) is 114 cm³/mol. The van der Waals surface area contributed by atoms with Crippen LogP contribution >= 0.6 is 0 Å². The Bertz CT molecular complexity index is 1180. The summed E-state index contributed by atoms with van der Waals surface area (Å²) in [4.78, 5) is 18.8. The van der Waals surface area contributed by atoms with Gasteiger partial charge in [0.15, 0.2) is 0 Å². The van der Waals surface area contributed by atoms with E-state index in [0.717, 1.165) is 49.3 Å². The average Bonchev–Trinajstić information content (AvgIpc) is 3.38. The molecule has 2 N–H and O–H groups in total. The summed E-state index contributed by atoms with van der Waals surface area (Å²) < 4.78 is 0. The van der Waals surface area contributed by atoms with E-state index < -0.39 is 0 Å². The minimum absolute atomic E-state index is 0.150. The van der Waals surface area contributed by atoms with E-state index in [4.69, 9.17) is 0 Å². The van der Waals surface area contributed by atoms with Gasteiger partial charge < -0.3 is 15.2 Å². The van der Waals surface area contributed by atoms with Gasteiger partial charge in [0.25, 0.3) is 0 Å². The first kappa shape index (κ1) is 16.7. The van der Waals surface area contributed by atoms with Crippen molar-refractivity contribution in [3.8, 4) is 11.1 Å². The van der Waals surface area contributed by atoms with Gasteiger partial charge in [-0.1, -0.05) is 6.07 Å². The summed E-state index contributed by atoms with van der Waals surface area (Å²) in [5.41, 5.74) is 6.20. The molecular weight excluding hydrogens is 360 g/mol. The second-order valence-electron chi connectivity index (χ2n) is 8.02. The van der Waals surface area contributed by atoms with Gasteiger partial charge in [0, 0.05) is 36.2 Å². The van der Waals surface area contributed by atoms with Gasteiger partial charge in [-0.15, -0.1) is 0 Å². The lowest BCUT2D eigenvalue weighted by Crippen LogP contribution is -2.42. The Kier molecular flexibility index (Phi) is 3.67. The second kappa shape index (κ2) is 6.39. The molecule has 0 bridgehead atoms. The number of aromatic amines is 1. The van der Waals surface area contributed by atoms with Crippen molar-refractivity contribution in [3.63, 3.8) is 0 Å². The number of pyridine rings is 1. The first-order valence-corrected chi connectivity index (χ1v) is 10.2. The molecule has 0 atom stereocenters. The highest BCUT2D eigenvalue weighted by Gasteiger charge is 2.44. The quantitative estimate of drug-likeness (QED) is 0.552. The fraction of sp³-hybridized carbons (Fsp3) is 0.261. The molecule has 144 valence electrons. The van der Waals surface area contributed by atoms with Gasteiger partial charge in [-0.05, 0) is 73.0 Å². The molecule has 6 nitrogen and oxygen atoms in total. The molecule has 4 aromatic rings. The third-order valence-corrected chi connectivity index (χ3v) is 6.48. The molecule has 29 heavy (non-hydrogen) atoms. The van der Waals surface area contributed by atoms with Crippen LogP contribution in [0.25, 0.3) is 22.2 Å². The van der Waals surface area contributed by atoms with Crippen molar-refractivity contribution >= 4 is 22.5 Å². The number of rotatable bonds is 2. The Balaban J connectivity index is 1.53. The Morgan fingerprint density at radius 1 is 0.931 bits per heavy atom. The number of hydrogen-bond donors (Lipinski definition) is 2. The molecule has 6 rings (SSSR count). The van der Waals surface area contributed by atoms with Crippen molar-refractivity contribution in [2.45, 2.75) is 18.3 Å². The summed E-state index contributed by atoms with van der Waals surface area (Å²) in [6, 6.07) is 13.1. The van der Waals surface area contributed by atoms with E-state index in [-0.39, 0.29) is 5.41 Å². The lowest BCUT2D eigenvalue weighted by Gasteiger charge is -2.35. The van der Waals surface area contributed by atoms with E-state index in [1.807, 2.05) is 18.6 Å². The molecule has 2 aliphatic heterocycles. The van der Waals surface area contributed by atoms with Gasteiger partial charge in [0.05, 0.1) is 5.39 Å². The van der Waals surface area contributed by atoms with Crippen molar-refractivity contribution in [1.29, 1.82) is 0 Å². The molecule has 0 radical (unpaired) electrons. The summed E-state index contributed by atoms with van der Waals surface area (Å²) in [5, 5.41) is 4.61. The Labute approximate surface area is 169 Å². The van der Waals surface area contributed by atoms with Crippen LogP contribution in [0.5, 0.6) is 0 Å². The largest absolute Gasteiger partial charge is 0.346 e. The molecule has 0 amide bonds. The van der Waals surface area contributed by atoms with Crippen LogP contribution in [-0.2, 0) is 5.41 Å². The summed E-state index contributed by atoms with van der Waals surface area (Å²) >= 11 is 0. The van der Waals surface area contributed by atoms with E-state index in [9.17, 15) is 0 Å². The van der Waals surface area contributed by atoms with Crippen LogP contribution in [0.2, 0.25) is 0 Å². The number of fused-ring (bicyclic) bond motifs is 3. The topological polar surface area (TPSA) is 69.7 Å². The fourth-order valence-electron chi connectivity index (χ4n) is 4.99. The third kappa shape index (κ3) is 2.56. The van der Waals surface area contributed by atoms with Gasteiger partial charge in [0.2, 0.25) is 0 Å². The van der Waals surface area contributed by atoms with E-state index >= 15 is 0 Å². The molecule has 6 heteroatoms. The second-order valence-corrected chi connectivity index (χ2v) is 8.02. The highest BCUT2D eigenvalue weighted by atomic mass is 15.2. The van der Waals surface area contributed by atoms with Gasteiger partial charge in [-0.25, -0.2) is 9.97 Å². The summed E-state index contributed by atoms with van der Waals surface area (Å²) in [6.45, 7) is 3.06. The SMILES string of the molecule is c1cc(-c2ccc3c(c2)C2(CCNCC2)CN3c2ncnc3[nH]ccc23)ccn1. The first-order chi connectivity index (χ1) is 14.3. The molecule has 3 aromatic heterocycles.